The SMILES string of the molecule is OC(Cc1ccccc1)c1ccsc1. The van der Waals surface area contributed by atoms with Gasteiger partial charge in [-0.15, -0.1) is 0 Å². The van der Waals surface area contributed by atoms with E-state index < -0.39 is 0 Å². The van der Waals surface area contributed by atoms with Crippen molar-refractivity contribution in [3.8, 4) is 0 Å². The van der Waals surface area contributed by atoms with Crippen LogP contribution in [0.3, 0.4) is 0 Å². The molecule has 1 aromatic carbocycles. The fourth-order valence-corrected chi connectivity index (χ4v) is 2.13. The zero-order valence-electron chi connectivity index (χ0n) is 7.76. The number of hydrogen-bond donors (Lipinski definition) is 1. The third-order valence-electron chi connectivity index (χ3n) is 2.20. The number of aliphatic hydroxyl groups excluding tert-OH is 1. The molecule has 1 nitrogen and oxygen atoms in total. The van der Waals surface area contributed by atoms with Crippen LogP contribution in [0, 0.1) is 0 Å². The number of aliphatic hydroxyl groups is 1. The minimum atomic E-state index is -0.372. The van der Waals surface area contributed by atoms with Crippen molar-refractivity contribution < 1.29 is 5.11 Å². The molecule has 0 saturated heterocycles. The Labute approximate surface area is 87.7 Å². The molecular weight excluding hydrogens is 192 g/mol. The van der Waals surface area contributed by atoms with Crippen LogP contribution in [0.25, 0.3) is 0 Å². The van der Waals surface area contributed by atoms with Gasteiger partial charge in [-0.3, -0.25) is 0 Å². The minimum absolute atomic E-state index is 0.372. The van der Waals surface area contributed by atoms with Crippen molar-refractivity contribution in [1.82, 2.24) is 0 Å². The first-order chi connectivity index (χ1) is 6.86. The predicted octanol–water partition coefficient (Wildman–Crippen LogP) is 3.02. The summed E-state index contributed by atoms with van der Waals surface area (Å²) in [4.78, 5) is 0. The van der Waals surface area contributed by atoms with Crippen molar-refractivity contribution in [2.45, 2.75) is 12.5 Å². The van der Waals surface area contributed by atoms with E-state index in [1.165, 1.54) is 5.56 Å². The van der Waals surface area contributed by atoms with E-state index in [-0.39, 0.29) is 6.10 Å². The maximum Gasteiger partial charge on any atom is 0.0838 e. The second-order valence-corrected chi connectivity index (χ2v) is 4.04. The number of benzene rings is 1. The van der Waals surface area contributed by atoms with Gasteiger partial charge in [-0.2, -0.15) is 11.3 Å². The highest BCUT2D eigenvalue weighted by atomic mass is 32.1. The molecule has 1 atom stereocenters. The summed E-state index contributed by atoms with van der Waals surface area (Å²) in [7, 11) is 0. The smallest absolute Gasteiger partial charge is 0.0838 e. The van der Waals surface area contributed by atoms with Crippen LogP contribution in [0.1, 0.15) is 17.2 Å². The highest BCUT2D eigenvalue weighted by Gasteiger charge is 2.07. The summed E-state index contributed by atoms with van der Waals surface area (Å²) in [5.41, 5.74) is 2.19. The topological polar surface area (TPSA) is 20.2 Å². The Morgan fingerprint density at radius 1 is 1.14 bits per heavy atom. The first-order valence-electron chi connectivity index (χ1n) is 4.60. The van der Waals surface area contributed by atoms with E-state index in [2.05, 4.69) is 0 Å². The molecule has 0 bridgehead atoms. The average molecular weight is 204 g/mol. The summed E-state index contributed by atoms with van der Waals surface area (Å²) in [6.45, 7) is 0. The first-order valence-corrected chi connectivity index (χ1v) is 5.54. The van der Waals surface area contributed by atoms with E-state index in [4.69, 9.17) is 0 Å². The van der Waals surface area contributed by atoms with Gasteiger partial charge in [0.2, 0.25) is 0 Å². The predicted molar refractivity (Wildman–Crippen MR) is 59.4 cm³/mol. The molecule has 0 aliphatic heterocycles. The molecule has 1 N–H and O–H groups in total. The van der Waals surface area contributed by atoms with Crippen LogP contribution in [0.15, 0.2) is 47.2 Å². The van der Waals surface area contributed by atoms with E-state index in [1.807, 2.05) is 47.2 Å². The Balaban J connectivity index is 2.06. The summed E-state index contributed by atoms with van der Waals surface area (Å²) in [5, 5.41) is 13.9. The molecule has 72 valence electrons. The molecule has 0 amide bonds. The van der Waals surface area contributed by atoms with Gasteiger partial charge in [0.1, 0.15) is 0 Å². The summed E-state index contributed by atoms with van der Waals surface area (Å²) >= 11 is 1.62. The van der Waals surface area contributed by atoms with E-state index in [9.17, 15) is 5.11 Å². The zero-order valence-corrected chi connectivity index (χ0v) is 8.58. The number of hydrogen-bond acceptors (Lipinski definition) is 2. The Bertz CT molecular complexity index is 366. The van der Waals surface area contributed by atoms with E-state index >= 15 is 0 Å². The molecule has 1 unspecified atom stereocenters. The fraction of sp³-hybridized carbons (Fsp3) is 0.167. The molecule has 0 aliphatic rings. The molecule has 2 heteroatoms. The molecular formula is C12H12OS. The molecule has 1 heterocycles. The van der Waals surface area contributed by atoms with Gasteiger partial charge in [0.05, 0.1) is 6.10 Å². The normalized spacial score (nSPS) is 12.6. The third kappa shape index (κ3) is 2.22. The zero-order chi connectivity index (χ0) is 9.80. The lowest BCUT2D eigenvalue weighted by Crippen LogP contribution is -1.99. The standard InChI is InChI=1S/C12H12OS/c13-12(11-6-7-14-9-11)8-10-4-2-1-3-5-10/h1-7,9,12-13H,8H2. The molecule has 2 rings (SSSR count). The largest absolute Gasteiger partial charge is 0.388 e. The summed E-state index contributed by atoms with van der Waals surface area (Å²) in [6.07, 6.45) is 0.320. The van der Waals surface area contributed by atoms with E-state index in [0.717, 1.165) is 5.56 Å². The lowest BCUT2D eigenvalue weighted by Gasteiger charge is -2.08. The van der Waals surface area contributed by atoms with Gasteiger partial charge in [-0.05, 0) is 28.0 Å². The van der Waals surface area contributed by atoms with Gasteiger partial charge >= 0.3 is 0 Å². The van der Waals surface area contributed by atoms with Crippen molar-refractivity contribution in [2.75, 3.05) is 0 Å². The van der Waals surface area contributed by atoms with Crippen LogP contribution in [-0.4, -0.2) is 5.11 Å². The van der Waals surface area contributed by atoms with Gasteiger partial charge in [-0.1, -0.05) is 30.3 Å². The highest BCUT2D eigenvalue weighted by Crippen LogP contribution is 2.20. The van der Waals surface area contributed by atoms with Crippen molar-refractivity contribution >= 4 is 11.3 Å². The van der Waals surface area contributed by atoms with Crippen molar-refractivity contribution in [3.63, 3.8) is 0 Å². The van der Waals surface area contributed by atoms with Gasteiger partial charge in [0.15, 0.2) is 0 Å². The molecule has 0 saturated carbocycles. The summed E-state index contributed by atoms with van der Waals surface area (Å²) in [6, 6.07) is 12.0. The molecule has 0 aliphatic carbocycles. The van der Waals surface area contributed by atoms with Crippen LogP contribution in [0.4, 0.5) is 0 Å². The summed E-state index contributed by atoms with van der Waals surface area (Å²) < 4.78 is 0. The Morgan fingerprint density at radius 2 is 1.93 bits per heavy atom. The number of rotatable bonds is 3. The molecule has 0 spiro atoms. The van der Waals surface area contributed by atoms with E-state index in [1.54, 1.807) is 11.3 Å². The van der Waals surface area contributed by atoms with Crippen LogP contribution in [0.5, 0.6) is 0 Å². The molecule has 2 aromatic rings. The van der Waals surface area contributed by atoms with E-state index in [0.29, 0.717) is 6.42 Å². The molecule has 14 heavy (non-hydrogen) atoms. The fourth-order valence-electron chi connectivity index (χ4n) is 1.42. The maximum absolute atomic E-state index is 9.87. The lowest BCUT2D eigenvalue weighted by atomic mass is 10.0. The Hall–Kier alpha value is -1.12. The van der Waals surface area contributed by atoms with Gasteiger partial charge in [0.25, 0.3) is 0 Å². The summed E-state index contributed by atoms with van der Waals surface area (Å²) in [5.74, 6) is 0. The Morgan fingerprint density at radius 3 is 2.57 bits per heavy atom. The van der Waals surface area contributed by atoms with Crippen LogP contribution in [-0.2, 0) is 6.42 Å². The molecule has 0 radical (unpaired) electrons. The van der Waals surface area contributed by atoms with Crippen molar-refractivity contribution in [1.29, 1.82) is 0 Å². The quantitative estimate of drug-likeness (QED) is 0.814. The van der Waals surface area contributed by atoms with Gasteiger partial charge < -0.3 is 5.11 Å². The van der Waals surface area contributed by atoms with Crippen molar-refractivity contribution in [3.05, 3.63) is 58.3 Å². The van der Waals surface area contributed by atoms with Crippen LogP contribution >= 0.6 is 11.3 Å². The lowest BCUT2D eigenvalue weighted by molar-refractivity contribution is 0.179. The van der Waals surface area contributed by atoms with Crippen LogP contribution < -0.4 is 0 Å². The molecule has 1 aromatic heterocycles. The number of thiophene rings is 1. The maximum atomic E-state index is 9.87. The first kappa shape index (κ1) is 9.44. The third-order valence-corrected chi connectivity index (χ3v) is 2.90. The highest BCUT2D eigenvalue weighted by molar-refractivity contribution is 7.07. The van der Waals surface area contributed by atoms with Gasteiger partial charge in [-0.25, -0.2) is 0 Å². The second-order valence-electron chi connectivity index (χ2n) is 3.26. The second kappa shape index (κ2) is 4.40. The molecule has 0 fully saturated rings. The van der Waals surface area contributed by atoms with Crippen LogP contribution in [0.2, 0.25) is 0 Å². The van der Waals surface area contributed by atoms with Gasteiger partial charge in [0, 0.05) is 6.42 Å². The van der Waals surface area contributed by atoms with Crippen molar-refractivity contribution in [2.24, 2.45) is 0 Å². The monoisotopic (exact) mass is 204 g/mol. The Kier molecular flexibility index (Phi) is 2.96. The minimum Gasteiger partial charge on any atom is -0.388 e. The average Bonchev–Trinajstić information content (AvgIpc) is 2.72.